The van der Waals surface area contributed by atoms with E-state index in [0.29, 0.717) is 30.2 Å². The molecule has 4 N–H and O–H groups in total. The molecule has 2 aliphatic rings. The zero-order chi connectivity index (χ0) is 34.7. The molecule has 0 spiro atoms. The summed E-state index contributed by atoms with van der Waals surface area (Å²) in [5.41, 5.74) is 8.58. The summed E-state index contributed by atoms with van der Waals surface area (Å²) in [5, 5.41) is 2.35. The van der Waals surface area contributed by atoms with Crippen LogP contribution in [0.15, 0.2) is 72.9 Å². The Kier molecular flexibility index (Phi) is 10.4. The molecule has 49 heavy (non-hydrogen) atoms. The van der Waals surface area contributed by atoms with Gasteiger partial charge in [-0.2, -0.15) is 0 Å². The molecule has 3 heterocycles. The summed E-state index contributed by atoms with van der Waals surface area (Å²) in [7, 11) is 1.28. The number of hydrogen-bond donors (Lipinski definition) is 3. The van der Waals surface area contributed by atoms with E-state index < -0.39 is 35.2 Å². The Hall–Kier alpha value is -4.65. The van der Waals surface area contributed by atoms with Crippen molar-refractivity contribution in [3.05, 3.63) is 112 Å². The summed E-state index contributed by atoms with van der Waals surface area (Å²) in [4.78, 5) is 37.9. The lowest BCUT2D eigenvalue weighted by Crippen LogP contribution is -2.55. The van der Waals surface area contributed by atoms with Crippen molar-refractivity contribution in [1.29, 1.82) is 0 Å². The van der Waals surface area contributed by atoms with E-state index in [0.717, 1.165) is 61.3 Å². The second-order valence-electron chi connectivity index (χ2n) is 12.3. The van der Waals surface area contributed by atoms with E-state index in [-0.39, 0.29) is 28.8 Å². The molecule has 1 aromatic heterocycles. The van der Waals surface area contributed by atoms with Crippen LogP contribution in [0.2, 0.25) is 5.02 Å². The zero-order valence-corrected chi connectivity index (χ0v) is 27.5. The molecule has 0 saturated carbocycles. The van der Waals surface area contributed by atoms with Crippen LogP contribution in [-0.2, 0) is 9.53 Å². The van der Waals surface area contributed by atoms with Crippen LogP contribution in [-0.4, -0.2) is 70.6 Å². The number of nitrogens with zero attached hydrogens (tertiary/aromatic N) is 3. The van der Waals surface area contributed by atoms with Crippen molar-refractivity contribution in [2.45, 2.75) is 43.3 Å². The van der Waals surface area contributed by atoms with E-state index >= 15 is 0 Å². The Morgan fingerprint density at radius 3 is 2.45 bits per heavy atom. The first-order valence-corrected chi connectivity index (χ1v) is 16.4. The maximum atomic E-state index is 14.8. The van der Waals surface area contributed by atoms with Gasteiger partial charge in [-0.1, -0.05) is 35.9 Å². The zero-order valence-electron chi connectivity index (χ0n) is 26.7. The van der Waals surface area contributed by atoms with Gasteiger partial charge in [0.25, 0.3) is 0 Å². The summed E-state index contributed by atoms with van der Waals surface area (Å²) in [5.74, 6) is -2.51. The largest absolute Gasteiger partial charge is 0.453 e. The average molecular weight is 693 g/mol. The standard InChI is InChI=1S/C36H36ClF3N6O3/c1-49-36(48)43-25-8-4-22(5-9-25)31-19-42-35(44-31)34-28(21-2-6-23(38)7-3-21)18-26(45-16-14-24(41)15-17-45)20-46(34)32(47)13-10-27-30(39)12-11-29(37)33(27)40/h2-13,19,24,26,28,34H,14-18,20,41H2,1H3,(H,42,44)(H,43,48)/b13-10+. The Morgan fingerprint density at radius 2 is 1.76 bits per heavy atom. The van der Waals surface area contributed by atoms with Crippen LogP contribution in [0.3, 0.4) is 0 Å². The first-order chi connectivity index (χ1) is 23.6. The molecule has 13 heteroatoms. The number of piperidine rings is 2. The number of halogens is 4. The molecule has 3 aromatic carbocycles. The van der Waals surface area contributed by atoms with E-state index in [1.54, 1.807) is 47.5 Å². The van der Waals surface area contributed by atoms with Crippen molar-refractivity contribution in [2.24, 2.45) is 5.73 Å². The van der Waals surface area contributed by atoms with E-state index in [1.165, 1.54) is 19.2 Å². The minimum absolute atomic E-state index is 0.0694. The summed E-state index contributed by atoms with van der Waals surface area (Å²) in [6.07, 6.45) is 5.59. The van der Waals surface area contributed by atoms with Crippen LogP contribution < -0.4 is 11.1 Å². The highest BCUT2D eigenvalue weighted by molar-refractivity contribution is 6.30. The van der Waals surface area contributed by atoms with Gasteiger partial charge in [0.2, 0.25) is 5.91 Å². The molecule has 6 rings (SSSR count). The molecule has 2 amide bonds. The third-order valence-electron chi connectivity index (χ3n) is 9.30. The first kappa shape index (κ1) is 34.2. The van der Waals surface area contributed by atoms with Crippen molar-refractivity contribution in [3.8, 4) is 11.3 Å². The predicted octanol–water partition coefficient (Wildman–Crippen LogP) is 6.89. The fraction of sp³-hybridized carbons (Fsp3) is 0.306. The Bertz CT molecular complexity index is 1830. The molecule has 256 valence electrons. The molecule has 2 fully saturated rings. The molecule has 3 unspecified atom stereocenters. The van der Waals surface area contributed by atoms with Crippen LogP contribution in [0.1, 0.15) is 48.2 Å². The van der Waals surface area contributed by atoms with E-state index in [4.69, 9.17) is 22.3 Å². The molecule has 0 bridgehead atoms. The highest BCUT2D eigenvalue weighted by Crippen LogP contribution is 2.44. The number of nitrogens with one attached hydrogen (secondary N) is 2. The fourth-order valence-electron chi connectivity index (χ4n) is 6.68. The van der Waals surface area contributed by atoms with Gasteiger partial charge in [0.1, 0.15) is 17.5 Å². The number of amides is 2. The number of aromatic nitrogens is 2. The molecule has 0 radical (unpaired) electrons. The van der Waals surface area contributed by atoms with Crippen LogP contribution in [0.25, 0.3) is 17.3 Å². The van der Waals surface area contributed by atoms with E-state index in [9.17, 15) is 22.8 Å². The average Bonchev–Trinajstić information content (AvgIpc) is 3.60. The number of likely N-dealkylation sites (tertiary alicyclic amines) is 2. The topological polar surface area (TPSA) is 117 Å². The summed E-state index contributed by atoms with van der Waals surface area (Å²) in [6, 6.07) is 14.8. The number of ether oxygens (including phenoxy) is 1. The Labute approximate surface area is 286 Å². The van der Waals surface area contributed by atoms with Gasteiger partial charge in [0, 0.05) is 41.9 Å². The number of H-pyrrole nitrogens is 1. The highest BCUT2D eigenvalue weighted by atomic mass is 35.5. The molecule has 4 aromatic rings. The molecular weight excluding hydrogens is 657 g/mol. The first-order valence-electron chi connectivity index (χ1n) is 16.0. The lowest BCUT2D eigenvalue weighted by molar-refractivity contribution is -0.132. The fourth-order valence-corrected chi connectivity index (χ4v) is 6.84. The summed E-state index contributed by atoms with van der Waals surface area (Å²) in [6.45, 7) is 1.83. The lowest BCUT2D eigenvalue weighted by Gasteiger charge is -2.48. The molecule has 0 aliphatic carbocycles. The van der Waals surface area contributed by atoms with Gasteiger partial charge in [-0.15, -0.1) is 0 Å². The van der Waals surface area contributed by atoms with Crippen LogP contribution in [0.4, 0.5) is 23.7 Å². The third-order valence-corrected chi connectivity index (χ3v) is 9.59. The second kappa shape index (κ2) is 14.9. The van der Waals surface area contributed by atoms with Gasteiger partial charge in [-0.3, -0.25) is 15.0 Å². The Morgan fingerprint density at radius 1 is 1.04 bits per heavy atom. The van der Waals surface area contributed by atoms with Crippen molar-refractivity contribution in [1.82, 2.24) is 19.8 Å². The molecule has 2 saturated heterocycles. The van der Waals surface area contributed by atoms with Crippen molar-refractivity contribution in [2.75, 3.05) is 32.1 Å². The maximum absolute atomic E-state index is 14.8. The SMILES string of the molecule is COC(=O)Nc1ccc(-c2cnc(C3C(c4ccc(F)cc4)CC(N4CCC(N)CC4)CN3C(=O)/C=C/c3c(F)ccc(Cl)c3F)[nH]2)cc1. The molecule has 9 nitrogen and oxygen atoms in total. The minimum atomic E-state index is -0.962. The van der Waals surface area contributed by atoms with Crippen molar-refractivity contribution in [3.63, 3.8) is 0 Å². The number of nitrogens with two attached hydrogens (primary N) is 1. The van der Waals surface area contributed by atoms with E-state index in [2.05, 4.69) is 19.9 Å². The van der Waals surface area contributed by atoms with Gasteiger partial charge in [-0.05, 0) is 86.0 Å². The van der Waals surface area contributed by atoms with Crippen LogP contribution in [0, 0.1) is 17.5 Å². The lowest BCUT2D eigenvalue weighted by atomic mass is 9.80. The number of anilines is 1. The summed E-state index contributed by atoms with van der Waals surface area (Å²) < 4.78 is 48.2. The van der Waals surface area contributed by atoms with Gasteiger partial charge in [0.05, 0.1) is 30.1 Å². The van der Waals surface area contributed by atoms with Gasteiger partial charge >= 0.3 is 6.09 Å². The maximum Gasteiger partial charge on any atom is 0.411 e. The molecule has 2 aliphatic heterocycles. The predicted molar refractivity (Wildman–Crippen MR) is 181 cm³/mol. The summed E-state index contributed by atoms with van der Waals surface area (Å²) >= 11 is 5.91. The quantitative estimate of drug-likeness (QED) is 0.144. The molecule has 3 atom stereocenters. The van der Waals surface area contributed by atoms with E-state index in [1.807, 2.05) is 0 Å². The highest BCUT2D eigenvalue weighted by Gasteiger charge is 2.43. The van der Waals surface area contributed by atoms with Crippen molar-refractivity contribution < 1.29 is 27.5 Å². The number of carbonyl (C=O) groups is 2. The van der Waals surface area contributed by atoms with Crippen molar-refractivity contribution >= 4 is 35.4 Å². The number of methoxy groups -OCH3 is 1. The molecular formula is C36H36ClF3N6O3. The van der Waals surface area contributed by atoms with Gasteiger partial charge in [-0.25, -0.2) is 22.9 Å². The minimum Gasteiger partial charge on any atom is -0.453 e. The normalized spacial score (nSPS) is 20.4. The number of imidazole rings is 1. The van der Waals surface area contributed by atoms with Crippen LogP contribution in [0.5, 0.6) is 0 Å². The smallest absolute Gasteiger partial charge is 0.411 e. The number of carbonyl (C=O) groups excluding carboxylic acids is 2. The number of hydrogen-bond acceptors (Lipinski definition) is 6. The van der Waals surface area contributed by atoms with Gasteiger partial charge in [0.15, 0.2) is 5.82 Å². The third kappa shape index (κ3) is 7.66. The Balaban J connectivity index is 1.39. The second-order valence-corrected chi connectivity index (χ2v) is 12.7. The number of aromatic amines is 1. The van der Waals surface area contributed by atoms with Gasteiger partial charge < -0.3 is 20.4 Å². The monoisotopic (exact) mass is 692 g/mol. The number of rotatable bonds is 7. The van der Waals surface area contributed by atoms with Crippen LogP contribution >= 0.6 is 11.6 Å². The number of benzene rings is 3.